The van der Waals surface area contributed by atoms with Crippen molar-refractivity contribution in [1.82, 2.24) is 0 Å². The number of hydrogen-bond acceptors (Lipinski definition) is 1. The molecule has 0 aromatic carbocycles. The highest BCUT2D eigenvalue weighted by atomic mass is 16.4. The van der Waals surface area contributed by atoms with Crippen LogP contribution in [0.4, 0.5) is 0 Å². The lowest BCUT2D eigenvalue weighted by Crippen LogP contribution is -1.93. The molecule has 0 aliphatic carbocycles. The summed E-state index contributed by atoms with van der Waals surface area (Å²) in [4.78, 5) is 10.3. The van der Waals surface area contributed by atoms with Gasteiger partial charge in [-0.15, -0.1) is 0 Å². The van der Waals surface area contributed by atoms with E-state index in [0.717, 1.165) is 19.3 Å². The van der Waals surface area contributed by atoms with Crippen molar-refractivity contribution in [2.24, 2.45) is 0 Å². The Kier molecular flexibility index (Phi) is 14.2. The predicted octanol–water partition coefficient (Wildman–Crippen LogP) is 5.49. The molecular formula is C17H30O2. The van der Waals surface area contributed by atoms with Crippen LogP contribution in [0.3, 0.4) is 0 Å². The van der Waals surface area contributed by atoms with Crippen molar-refractivity contribution in [1.29, 1.82) is 0 Å². The molecule has 0 saturated heterocycles. The maximum absolute atomic E-state index is 10.3. The molecule has 110 valence electrons. The molecule has 0 aliphatic heterocycles. The second-order valence-electron chi connectivity index (χ2n) is 5.05. The molecule has 0 rings (SSSR count). The number of carbonyl (C=O) groups is 1. The molecule has 0 heterocycles. The van der Waals surface area contributed by atoms with Gasteiger partial charge in [0.1, 0.15) is 0 Å². The molecule has 0 bridgehead atoms. The van der Waals surface area contributed by atoms with Gasteiger partial charge in [0, 0.05) is 6.42 Å². The van der Waals surface area contributed by atoms with Gasteiger partial charge in [-0.3, -0.25) is 4.79 Å². The summed E-state index contributed by atoms with van der Waals surface area (Å²) in [7, 11) is 0. The fourth-order valence-corrected chi connectivity index (χ4v) is 1.92. The minimum atomic E-state index is -0.669. The molecule has 0 aromatic rings. The van der Waals surface area contributed by atoms with Gasteiger partial charge >= 0.3 is 5.97 Å². The average molecular weight is 266 g/mol. The topological polar surface area (TPSA) is 37.3 Å². The van der Waals surface area contributed by atoms with Gasteiger partial charge in [-0.2, -0.15) is 0 Å². The SMILES string of the molecule is CCCC/C=C\C=C\CCCCCCCCC(=O)O. The highest BCUT2D eigenvalue weighted by Crippen LogP contribution is 2.08. The van der Waals surface area contributed by atoms with Crippen LogP contribution in [0, 0.1) is 0 Å². The fraction of sp³-hybridized carbons (Fsp3) is 0.706. The van der Waals surface area contributed by atoms with Gasteiger partial charge in [0.25, 0.3) is 0 Å². The molecule has 0 spiro atoms. The Bertz CT molecular complexity index is 254. The highest BCUT2D eigenvalue weighted by molar-refractivity contribution is 5.66. The van der Waals surface area contributed by atoms with Crippen molar-refractivity contribution >= 4 is 5.97 Å². The summed E-state index contributed by atoms with van der Waals surface area (Å²) in [6.07, 6.45) is 20.8. The predicted molar refractivity (Wildman–Crippen MR) is 82.4 cm³/mol. The molecule has 0 fully saturated rings. The quantitative estimate of drug-likeness (QED) is 0.353. The second-order valence-corrected chi connectivity index (χ2v) is 5.05. The van der Waals surface area contributed by atoms with Crippen LogP contribution in [0.2, 0.25) is 0 Å². The molecule has 2 heteroatoms. The summed E-state index contributed by atoms with van der Waals surface area (Å²) in [5.74, 6) is -0.669. The van der Waals surface area contributed by atoms with Crippen LogP contribution in [0.25, 0.3) is 0 Å². The lowest BCUT2D eigenvalue weighted by Gasteiger charge is -1.99. The number of aliphatic carboxylic acids is 1. The summed E-state index contributed by atoms with van der Waals surface area (Å²) in [6, 6.07) is 0. The molecule has 0 unspecified atom stereocenters. The normalized spacial score (nSPS) is 11.6. The third-order valence-corrected chi connectivity index (χ3v) is 3.12. The molecule has 0 aliphatic rings. The molecule has 0 amide bonds. The number of allylic oxidation sites excluding steroid dienone is 4. The number of hydrogen-bond donors (Lipinski definition) is 1. The summed E-state index contributed by atoms with van der Waals surface area (Å²) in [6.45, 7) is 2.21. The van der Waals surface area contributed by atoms with E-state index in [1.807, 2.05) is 0 Å². The maximum atomic E-state index is 10.3. The van der Waals surface area contributed by atoms with E-state index in [-0.39, 0.29) is 0 Å². The standard InChI is InChI=1S/C17H30O2/c1-2-3-4-5-6-7-8-9-10-11-12-13-14-15-16-17(18)19/h5-8H,2-4,9-16H2,1H3,(H,18,19)/b6-5-,8-7+. The summed E-state index contributed by atoms with van der Waals surface area (Å²) >= 11 is 0. The van der Waals surface area contributed by atoms with Crippen LogP contribution in [0.1, 0.15) is 77.6 Å². The van der Waals surface area contributed by atoms with E-state index < -0.39 is 5.97 Å². The zero-order chi connectivity index (χ0) is 14.2. The Hall–Kier alpha value is -1.05. The van der Waals surface area contributed by atoms with Crippen molar-refractivity contribution in [2.45, 2.75) is 77.6 Å². The molecule has 0 atom stereocenters. The molecule has 0 saturated carbocycles. The van der Waals surface area contributed by atoms with Crippen LogP contribution in [-0.2, 0) is 4.79 Å². The number of rotatable bonds is 13. The maximum Gasteiger partial charge on any atom is 0.303 e. The molecule has 19 heavy (non-hydrogen) atoms. The molecule has 2 nitrogen and oxygen atoms in total. The van der Waals surface area contributed by atoms with Gasteiger partial charge in [-0.05, 0) is 25.7 Å². The van der Waals surface area contributed by atoms with E-state index >= 15 is 0 Å². The van der Waals surface area contributed by atoms with Gasteiger partial charge in [0.05, 0.1) is 0 Å². The monoisotopic (exact) mass is 266 g/mol. The molecular weight excluding hydrogens is 236 g/mol. The zero-order valence-corrected chi connectivity index (χ0v) is 12.4. The van der Waals surface area contributed by atoms with Gasteiger partial charge in [0.2, 0.25) is 0 Å². The third-order valence-electron chi connectivity index (χ3n) is 3.12. The first-order chi connectivity index (χ1) is 9.27. The van der Waals surface area contributed by atoms with Crippen molar-refractivity contribution < 1.29 is 9.90 Å². The van der Waals surface area contributed by atoms with Crippen LogP contribution in [-0.4, -0.2) is 11.1 Å². The summed E-state index contributed by atoms with van der Waals surface area (Å²) < 4.78 is 0. The van der Waals surface area contributed by atoms with E-state index in [4.69, 9.17) is 5.11 Å². The van der Waals surface area contributed by atoms with Crippen molar-refractivity contribution in [3.63, 3.8) is 0 Å². The molecule has 1 N–H and O–H groups in total. The zero-order valence-electron chi connectivity index (χ0n) is 12.4. The van der Waals surface area contributed by atoms with Gasteiger partial charge in [-0.25, -0.2) is 0 Å². The van der Waals surface area contributed by atoms with E-state index in [2.05, 4.69) is 31.2 Å². The summed E-state index contributed by atoms with van der Waals surface area (Å²) in [5, 5.41) is 8.49. The van der Waals surface area contributed by atoms with Gasteiger partial charge in [-0.1, -0.05) is 69.8 Å². The van der Waals surface area contributed by atoms with E-state index in [1.165, 1.54) is 44.9 Å². The van der Waals surface area contributed by atoms with E-state index in [0.29, 0.717) is 6.42 Å². The van der Waals surface area contributed by atoms with E-state index in [1.54, 1.807) is 0 Å². The largest absolute Gasteiger partial charge is 0.481 e. The third kappa shape index (κ3) is 16.9. The van der Waals surface area contributed by atoms with Crippen LogP contribution < -0.4 is 0 Å². The first-order valence-corrected chi connectivity index (χ1v) is 7.80. The minimum absolute atomic E-state index is 0.326. The number of unbranched alkanes of at least 4 members (excludes halogenated alkanes) is 8. The Balaban J connectivity index is 3.15. The Labute approximate surface area is 118 Å². The minimum Gasteiger partial charge on any atom is -0.481 e. The lowest BCUT2D eigenvalue weighted by molar-refractivity contribution is -0.137. The van der Waals surface area contributed by atoms with Crippen molar-refractivity contribution in [2.75, 3.05) is 0 Å². The Morgan fingerprint density at radius 1 is 0.842 bits per heavy atom. The Morgan fingerprint density at radius 3 is 1.95 bits per heavy atom. The van der Waals surface area contributed by atoms with Crippen molar-refractivity contribution in [3.8, 4) is 0 Å². The molecule has 0 radical (unpaired) electrons. The van der Waals surface area contributed by atoms with Gasteiger partial charge in [0.15, 0.2) is 0 Å². The van der Waals surface area contributed by atoms with E-state index in [9.17, 15) is 4.79 Å². The van der Waals surface area contributed by atoms with Crippen molar-refractivity contribution in [3.05, 3.63) is 24.3 Å². The number of carboxylic acids is 1. The van der Waals surface area contributed by atoms with Crippen LogP contribution >= 0.6 is 0 Å². The first kappa shape index (κ1) is 17.9. The van der Waals surface area contributed by atoms with Gasteiger partial charge < -0.3 is 5.11 Å². The van der Waals surface area contributed by atoms with Crippen LogP contribution in [0.15, 0.2) is 24.3 Å². The smallest absolute Gasteiger partial charge is 0.303 e. The summed E-state index contributed by atoms with van der Waals surface area (Å²) in [5.41, 5.74) is 0. The van der Waals surface area contributed by atoms with Crippen LogP contribution in [0.5, 0.6) is 0 Å². The fourth-order valence-electron chi connectivity index (χ4n) is 1.92. The Morgan fingerprint density at radius 2 is 1.37 bits per heavy atom. The second kappa shape index (κ2) is 15.0. The average Bonchev–Trinajstić information content (AvgIpc) is 2.39. The number of carboxylic acid groups (broad SMARTS) is 1. The lowest BCUT2D eigenvalue weighted by atomic mass is 10.1. The highest BCUT2D eigenvalue weighted by Gasteiger charge is 1.95. The molecule has 0 aromatic heterocycles. The first-order valence-electron chi connectivity index (χ1n) is 7.80.